The van der Waals surface area contributed by atoms with Crippen LogP contribution in [0, 0.1) is 17.3 Å². The van der Waals surface area contributed by atoms with Gasteiger partial charge in [-0.25, -0.2) is 0 Å². The van der Waals surface area contributed by atoms with E-state index in [9.17, 15) is 4.79 Å². The van der Waals surface area contributed by atoms with Crippen molar-refractivity contribution in [3.8, 4) is 5.75 Å². The molecule has 208 valence electrons. The Morgan fingerprint density at radius 3 is 2.77 bits per heavy atom. The van der Waals surface area contributed by atoms with Crippen LogP contribution >= 0.6 is 0 Å². The van der Waals surface area contributed by atoms with E-state index in [1.165, 1.54) is 24.8 Å². The van der Waals surface area contributed by atoms with Crippen molar-refractivity contribution in [2.75, 3.05) is 6.61 Å². The third kappa shape index (κ3) is 3.73. The minimum Gasteiger partial charge on any atom is -0.493 e. The largest absolute Gasteiger partial charge is 0.493 e. The first-order chi connectivity index (χ1) is 19.2. The Hall–Kier alpha value is -2.77. The first kappa shape index (κ1) is 25.0. The summed E-state index contributed by atoms with van der Waals surface area (Å²) in [6.07, 6.45) is 8.53. The van der Waals surface area contributed by atoms with Crippen molar-refractivity contribution in [2.24, 2.45) is 17.3 Å². The number of carbonyl (C=O) groups excluding carboxylic acids is 1. The van der Waals surface area contributed by atoms with Crippen LogP contribution in [0.2, 0.25) is 0 Å². The van der Waals surface area contributed by atoms with Gasteiger partial charge in [0.1, 0.15) is 11.3 Å². The average molecular weight is 539 g/mol. The number of para-hydroxylation sites is 1. The lowest BCUT2D eigenvalue weighted by molar-refractivity contribution is -0.199. The quantitative estimate of drug-likeness (QED) is 0.402. The summed E-state index contributed by atoms with van der Waals surface area (Å²) in [6.45, 7) is 7.73. The molecule has 5 atom stereocenters. The summed E-state index contributed by atoms with van der Waals surface area (Å²) in [5, 5.41) is 4.39. The highest BCUT2D eigenvalue weighted by Gasteiger charge is 2.68. The van der Waals surface area contributed by atoms with Gasteiger partial charge in [-0.3, -0.25) is 4.79 Å². The number of ether oxygens (including phenoxy) is 1. The molecule has 6 aliphatic rings. The molecule has 3 aromatic rings. The monoisotopic (exact) mass is 539 g/mol. The molecule has 4 aliphatic carbocycles. The van der Waals surface area contributed by atoms with Crippen molar-refractivity contribution < 1.29 is 23.3 Å². The fraction of sp³-hybridized carbons (Fsp3) is 0.545. The van der Waals surface area contributed by atoms with Crippen molar-refractivity contribution >= 4 is 24.0 Å². The van der Waals surface area contributed by atoms with Crippen LogP contribution in [0.1, 0.15) is 69.6 Å². The van der Waals surface area contributed by atoms with Gasteiger partial charge in [0.15, 0.2) is 0 Å². The standard InChI is InChI=1S/C33H38BNO5/c1-31(2)22-17-27(31)32(3)28(18-22)39-34(40-32)29(16-21-19-38-25-7-5-4-6-23(21)25)35-30(36)15-20-8-9-24-26(14-20)37-13-12-33(24)10-11-33/h4-9,14,19,22,27-29H,10-13,15-18H2,1-3H3,(H,35,36)/t22-,27-,28+,29-,32-/m0/s1. The fourth-order valence-corrected chi connectivity index (χ4v) is 8.55. The van der Waals surface area contributed by atoms with E-state index in [-0.39, 0.29) is 35.4 Å². The smallest absolute Gasteiger partial charge is 0.482 e. The topological polar surface area (TPSA) is 69.9 Å². The predicted molar refractivity (Wildman–Crippen MR) is 153 cm³/mol. The highest BCUT2D eigenvalue weighted by atomic mass is 16.7. The van der Waals surface area contributed by atoms with E-state index in [1.807, 2.05) is 24.5 Å². The van der Waals surface area contributed by atoms with Crippen LogP contribution in [0.4, 0.5) is 0 Å². The number of furan rings is 1. The zero-order valence-corrected chi connectivity index (χ0v) is 23.7. The lowest BCUT2D eigenvalue weighted by atomic mass is 9.43. The van der Waals surface area contributed by atoms with E-state index in [0.717, 1.165) is 47.3 Å². The molecule has 1 amide bonds. The van der Waals surface area contributed by atoms with Gasteiger partial charge in [-0.2, -0.15) is 0 Å². The molecule has 1 aromatic heterocycles. The van der Waals surface area contributed by atoms with Crippen LogP contribution in [0.15, 0.2) is 53.1 Å². The van der Waals surface area contributed by atoms with Gasteiger partial charge in [-0.05, 0) is 86.0 Å². The normalized spacial score (nSPS) is 31.2. The second-order valence-corrected chi connectivity index (χ2v) is 13.9. The zero-order chi connectivity index (χ0) is 27.3. The van der Waals surface area contributed by atoms with Gasteiger partial charge in [-0.15, -0.1) is 0 Å². The predicted octanol–water partition coefficient (Wildman–Crippen LogP) is 5.78. The highest BCUT2D eigenvalue weighted by Crippen LogP contribution is 2.65. The number of amides is 1. The van der Waals surface area contributed by atoms with Crippen molar-refractivity contribution in [3.63, 3.8) is 0 Å². The summed E-state index contributed by atoms with van der Waals surface area (Å²) in [5.41, 5.74) is 4.44. The molecule has 6 nitrogen and oxygen atoms in total. The lowest BCUT2D eigenvalue weighted by Gasteiger charge is -2.64. The minimum absolute atomic E-state index is 0.0356. The minimum atomic E-state index is -0.510. The Bertz CT molecular complexity index is 1490. The number of nitrogens with one attached hydrogen (secondary N) is 1. The molecule has 7 heteroatoms. The van der Waals surface area contributed by atoms with E-state index in [4.69, 9.17) is 18.5 Å². The molecule has 2 aromatic carbocycles. The number of fused-ring (bicyclic) bond motifs is 3. The molecule has 1 N–H and O–H groups in total. The van der Waals surface area contributed by atoms with Gasteiger partial charge in [0.05, 0.1) is 36.9 Å². The molecular weight excluding hydrogens is 501 g/mol. The van der Waals surface area contributed by atoms with Gasteiger partial charge < -0.3 is 23.8 Å². The second-order valence-electron chi connectivity index (χ2n) is 13.9. The summed E-state index contributed by atoms with van der Waals surface area (Å²) >= 11 is 0. The average Bonchev–Trinajstić information content (AvgIpc) is 3.42. The maximum atomic E-state index is 13.6. The van der Waals surface area contributed by atoms with Crippen LogP contribution in [-0.4, -0.2) is 37.3 Å². The van der Waals surface area contributed by atoms with Crippen LogP contribution in [0.5, 0.6) is 5.75 Å². The molecule has 0 radical (unpaired) electrons. The van der Waals surface area contributed by atoms with Crippen LogP contribution in [0.3, 0.4) is 0 Å². The third-order valence-corrected chi connectivity index (χ3v) is 11.3. The molecule has 2 aliphatic heterocycles. The number of hydrogen-bond acceptors (Lipinski definition) is 5. The van der Waals surface area contributed by atoms with Crippen molar-refractivity contribution in [1.82, 2.24) is 5.32 Å². The molecule has 40 heavy (non-hydrogen) atoms. The van der Waals surface area contributed by atoms with E-state index in [1.54, 1.807) is 0 Å². The molecule has 1 saturated heterocycles. The lowest BCUT2D eigenvalue weighted by Crippen LogP contribution is -2.65. The Labute approximate surface area is 236 Å². The first-order valence-electron chi connectivity index (χ1n) is 15.1. The maximum absolute atomic E-state index is 13.6. The molecule has 9 rings (SSSR count). The van der Waals surface area contributed by atoms with Gasteiger partial charge in [-0.1, -0.05) is 44.2 Å². The SMILES string of the molecule is CC1(C)[C@@H]2C[C@H]3OB([C@H](Cc4coc5ccccc45)NC(=O)Cc4ccc5c(c4)OCCC54CC4)O[C@@]3(C)[C@H]1C2. The summed E-state index contributed by atoms with van der Waals surface area (Å²) in [4.78, 5) is 13.6. The molecule has 4 saturated carbocycles. The molecule has 5 fully saturated rings. The number of benzene rings is 2. The summed E-state index contributed by atoms with van der Waals surface area (Å²) in [6, 6.07) is 14.4. The van der Waals surface area contributed by atoms with Crippen molar-refractivity contribution in [1.29, 1.82) is 0 Å². The molecule has 3 heterocycles. The number of rotatable bonds is 6. The van der Waals surface area contributed by atoms with E-state index >= 15 is 0 Å². The molecule has 2 bridgehead atoms. The van der Waals surface area contributed by atoms with E-state index in [2.05, 4.69) is 50.4 Å². The number of carbonyl (C=O) groups is 1. The molecule has 1 spiro atoms. The van der Waals surface area contributed by atoms with E-state index < -0.39 is 7.12 Å². The van der Waals surface area contributed by atoms with Gasteiger partial charge in [0.2, 0.25) is 5.91 Å². The summed E-state index contributed by atoms with van der Waals surface area (Å²) < 4.78 is 25.3. The Morgan fingerprint density at radius 1 is 1.10 bits per heavy atom. The summed E-state index contributed by atoms with van der Waals surface area (Å²) in [5.74, 6) is 1.72. The van der Waals surface area contributed by atoms with Gasteiger partial charge in [0.25, 0.3) is 0 Å². The fourth-order valence-electron chi connectivity index (χ4n) is 8.55. The molecule has 0 unspecified atom stereocenters. The highest BCUT2D eigenvalue weighted by molar-refractivity contribution is 6.48. The number of hydrogen-bond donors (Lipinski definition) is 1. The van der Waals surface area contributed by atoms with Gasteiger partial charge in [0, 0.05) is 16.4 Å². The van der Waals surface area contributed by atoms with Gasteiger partial charge >= 0.3 is 7.12 Å². The van der Waals surface area contributed by atoms with Crippen LogP contribution in [0.25, 0.3) is 11.0 Å². The van der Waals surface area contributed by atoms with Crippen molar-refractivity contribution in [3.05, 3.63) is 65.4 Å². The van der Waals surface area contributed by atoms with Crippen LogP contribution < -0.4 is 10.1 Å². The van der Waals surface area contributed by atoms with E-state index in [0.29, 0.717) is 23.7 Å². The Balaban J connectivity index is 1.05. The summed E-state index contributed by atoms with van der Waals surface area (Å²) in [7, 11) is -0.510. The third-order valence-electron chi connectivity index (χ3n) is 11.3. The Morgan fingerprint density at radius 2 is 1.95 bits per heavy atom. The molecular formula is C33H38BNO5. The second kappa shape index (κ2) is 8.62. The maximum Gasteiger partial charge on any atom is 0.482 e. The zero-order valence-electron chi connectivity index (χ0n) is 23.7. The first-order valence-corrected chi connectivity index (χ1v) is 15.1. The van der Waals surface area contributed by atoms with Crippen molar-refractivity contribution in [2.45, 2.75) is 88.8 Å². The van der Waals surface area contributed by atoms with Crippen LogP contribution in [-0.2, 0) is 32.4 Å². The Kier molecular flexibility index (Phi) is 5.39.